The fourth-order valence-corrected chi connectivity index (χ4v) is 2.70. The highest BCUT2D eigenvalue weighted by Gasteiger charge is 2.19. The van der Waals surface area contributed by atoms with Gasteiger partial charge in [0.05, 0.1) is 12.7 Å². The summed E-state index contributed by atoms with van der Waals surface area (Å²) in [6, 6.07) is 0. The van der Waals surface area contributed by atoms with E-state index in [1.807, 2.05) is 0 Å². The van der Waals surface area contributed by atoms with Gasteiger partial charge in [-0.2, -0.15) is 11.8 Å². The van der Waals surface area contributed by atoms with Gasteiger partial charge in [0.2, 0.25) is 0 Å². The zero-order valence-corrected chi connectivity index (χ0v) is 8.72. The second kappa shape index (κ2) is 5.20. The Labute approximate surface area is 83.8 Å². The number of hydrogen-bond donors (Lipinski definition) is 0. The lowest BCUT2D eigenvalue weighted by Crippen LogP contribution is -2.41. The molecule has 2 fully saturated rings. The molecule has 2 heterocycles. The quantitative estimate of drug-likeness (QED) is 0.661. The van der Waals surface area contributed by atoms with Gasteiger partial charge in [0, 0.05) is 31.1 Å². The molecule has 1 unspecified atom stereocenters. The third-order valence-corrected chi connectivity index (χ3v) is 3.48. The summed E-state index contributed by atoms with van der Waals surface area (Å²) < 4.78 is 10.7. The molecule has 13 heavy (non-hydrogen) atoms. The van der Waals surface area contributed by atoms with E-state index in [0.717, 1.165) is 19.6 Å². The van der Waals surface area contributed by atoms with Crippen LogP contribution in [-0.2, 0) is 9.47 Å². The molecule has 4 heteroatoms. The smallest absolute Gasteiger partial charge is 0.147 e. The minimum absolute atomic E-state index is 0.414. The standard InChI is InChI=1S/C9H17NO2S/c1-4-11-8-12-9(1)7-10-2-5-13-6-3-10/h9H,1-8H2. The molecule has 0 aromatic heterocycles. The van der Waals surface area contributed by atoms with E-state index in [-0.39, 0.29) is 0 Å². The van der Waals surface area contributed by atoms with Crippen LogP contribution in [0.4, 0.5) is 0 Å². The van der Waals surface area contributed by atoms with Gasteiger partial charge in [-0.15, -0.1) is 0 Å². The van der Waals surface area contributed by atoms with Crippen LogP contribution in [0.15, 0.2) is 0 Å². The molecule has 2 aliphatic rings. The van der Waals surface area contributed by atoms with Crippen molar-refractivity contribution < 1.29 is 9.47 Å². The van der Waals surface area contributed by atoms with Crippen LogP contribution >= 0.6 is 11.8 Å². The van der Waals surface area contributed by atoms with Crippen LogP contribution in [0.1, 0.15) is 6.42 Å². The molecule has 0 aliphatic carbocycles. The van der Waals surface area contributed by atoms with Crippen molar-refractivity contribution in [2.45, 2.75) is 12.5 Å². The van der Waals surface area contributed by atoms with Crippen LogP contribution in [0.3, 0.4) is 0 Å². The highest BCUT2D eigenvalue weighted by Crippen LogP contribution is 2.13. The van der Waals surface area contributed by atoms with Gasteiger partial charge in [-0.1, -0.05) is 0 Å². The fourth-order valence-electron chi connectivity index (χ4n) is 1.72. The molecular formula is C9H17NO2S. The molecular weight excluding hydrogens is 186 g/mol. The van der Waals surface area contributed by atoms with Gasteiger partial charge in [0.15, 0.2) is 0 Å². The Kier molecular flexibility index (Phi) is 3.91. The van der Waals surface area contributed by atoms with E-state index in [4.69, 9.17) is 9.47 Å². The Bertz CT molecular complexity index is 129. The minimum atomic E-state index is 0.414. The van der Waals surface area contributed by atoms with E-state index in [1.54, 1.807) is 0 Å². The van der Waals surface area contributed by atoms with Crippen molar-refractivity contribution in [1.82, 2.24) is 4.90 Å². The predicted molar refractivity (Wildman–Crippen MR) is 54.1 cm³/mol. The molecule has 0 aromatic rings. The summed E-state index contributed by atoms with van der Waals surface area (Å²) in [7, 11) is 0. The summed E-state index contributed by atoms with van der Waals surface area (Å²) in [6.07, 6.45) is 1.47. The second-order valence-electron chi connectivity index (χ2n) is 3.52. The first kappa shape index (κ1) is 9.77. The third-order valence-electron chi connectivity index (χ3n) is 2.54. The van der Waals surface area contributed by atoms with Gasteiger partial charge >= 0.3 is 0 Å². The number of rotatable bonds is 2. The Hall–Kier alpha value is 0.230. The molecule has 0 N–H and O–H groups in total. The Morgan fingerprint density at radius 1 is 1.31 bits per heavy atom. The van der Waals surface area contributed by atoms with Crippen LogP contribution in [0.2, 0.25) is 0 Å². The van der Waals surface area contributed by atoms with Crippen molar-refractivity contribution in [2.24, 2.45) is 0 Å². The first-order valence-corrected chi connectivity index (χ1v) is 6.10. The van der Waals surface area contributed by atoms with E-state index in [2.05, 4.69) is 16.7 Å². The van der Waals surface area contributed by atoms with E-state index in [1.165, 1.54) is 24.6 Å². The Morgan fingerprint density at radius 2 is 2.15 bits per heavy atom. The molecule has 0 bridgehead atoms. The molecule has 0 radical (unpaired) electrons. The second-order valence-corrected chi connectivity index (χ2v) is 4.74. The van der Waals surface area contributed by atoms with Crippen molar-refractivity contribution in [2.75, 3.05) is 44.5 Å². The van der Waals surface area contributed by atoms with E-state index in [0.29, 0.717) is 12.9 Å². The van der Waals surface area contributed by atoms with Crippen molar-refractivity contribution >= 4 is 11.8 Å². The molecule has 0 saturated carbocycles. The predicted octanol–water partition coefficient (Wildman–Crippen LogP) is 0.798. The summed E-state index contributed by atoms with van der Waals surface area (Å²) in [5.41, 5.74) is 0. The molecule has 76 valence electrons. The SMILES string of the molecule is C1CC(CN2CCSCC2)OCO1. The maximum Gasteiger partial charge on any atom is 0.147 e. The lowest BCUT2D eigenvalue weighted by atomic mass is 10.2. The lowest BCUT2D eigenvalue weighted by molar-refractivity contribution is -0.144. The third kappa shape index (κ3) is 3.13. The number of hydrogen-bond acceptors (Lipinski definition) is 4. The molecule has 2 saturated heterocycles. The summed E-state index contributed by atoms with van der Waals surface area (Å²) in [5.74, 6) is 2.56. The Morgan fingerprint density at radius 3 is 2.85 bits per heavy atom. The van der Waals surface area contributed by atoms with Crippen LogP contribution in [0.25, 0.3) is 0 Å². The summed E-state index contributed by atoms with van der Waals surface area (Å²) in [5, 5.41) is 0. The van der Waals surface area contributed by atoms with Crippen LogP contribution in [0.5, 0.6) is 0 Å². The van der Waals surface area contributed by atoms with Crippen molar-refractivity contribution in [3.63, 3.8) is 0 Å². The first-order chi connectivity index (χ1) is 6.45. The van der Waals surface area contributed by atoms with Crippen LogP contribution in [-0.4, -0.2) is 55.5 Å². The maximum atomic E-state index is 5.51. The largest absolute Gasteiger partial charge is 0.355 e. The molecule has 0 amide bonds. The highest BCUT2D eigenvalue weighted by atomic mass is 32.2. The van der Waals surface area contributed by atoms with Crippen molar-refractivity contribution in [3.05, 3.63) is 0 Å². The highest BCUT2D eigenvalue weighted by molar-refractivity contribution is 7.99. The maximum absolute atomic E-state index is 5.51. The molecule has 0 spiro atoms. The van der Waals surface area contributed by atoms with Gasteiger partial charge in [-0.3, -0.25) is 4.90 Å². The number of nitrogens with zero attached hydrogens (tertiary/aromatic N) is 1. The number of ether oxygens (including phenoxy) is 2. The van der Waals surface area contributed by atoms with Gasteiger partial charge < -0.3 is 9.47 Å². The molecule has 2 rings (SSSR count). The molecule has 0 aromatic carbocycles. The van der Waals surface area contributed by atoms with E-state index < -0.39 is 0 Å². The van der Waals surface area contributed by atoms with E-state index >= 15 is 0 Å². The lowest BCUT2D eigenvalue weighted by Gasteiger charge is -2.31. The monoisotopic (exact) mass is 203 g/mol. The van der Waals surface area contributed by atoms with Gasteiger partial charge in [-0.25, -0.2) is 0 Å². The average Bonchev–Trinajstić information content (AvgIpc) is 2.21. The van der Waals surface area contributed by atoms with Crippen LogP contribution < -0.4 is 0 Å². The normalized spacial score (nSPS) is 31.8. The van der Waals surface area contributed by atoms with Gasteiger partial charge in [-0.05, 0) is 6.42 Å². The molecule has 3 nitrogen and oxygen atoms in total. The van der Waals surface area contributed by atoms with Crippen LogP contribution in [0, 0.1) is 0 Å². The number of thioether (sulfide) groups is 1. The fraction of sp³-hybridized carbons (Fsp3) is 1.00. The molecule has 1 atom stereocenters. The summed E-state index contributed by atoms with van der Waals surface area (Å²) >= 11 is 2.05. The van der Waals surface area contributed by atoms with Crippen molar-refractivity contribution in [1.29, 1.82) is 0 Å². The van der Waals surface area contributed by atoms with Gasteiger partial charge in [0.25, 0.3) is 0 Å². The van der Waals surface area contributed by atoms with Crippen molar-refractivity contribution in [3.8, 4) is 0 Å². The summed E-state index contributed by atoms with van der Waals surface area (Å²) in [6.45, 7) is 4.92. The van der Waals surface area contributed by atoms with Gasteiger partial charge in [0.1, 0.15) is 6.79 Å². The zero-order chi connectivity index (χ0) is 8.93. The summed E-state index contributed by atoms with van der Waals surface area (Å²) in [4.78, 5) is 2.51. The minimum Gasteiger partial charge on any atom is -0.355 e. The Balaban J connectivity index is 1.69. The first-order valence-electron chi connectivity index (χ1n) is 4.94. The van der Waals surface area contributed by atoms with E-state index in [9.17, 15) is 0 Å². The average molecular weight is 203 g/mol. The molecule has 2 aliphatic heterocycles. The zero-order valence-electron chi connectivity index (χ0n) is 7.91. The topological polar surface area (TPSA) is 21.7 Å².